The Morgan fingerprint density at radius 2 is 1.74 bits per heavy atom. The van der Waals surface area contributed by atoms with E-state index in [0.29, 0.717) is 30.0 Å². The van der Waals surface area contributed by atoms with Gasteiger partial charge >= 0.3 is 0 Å². The Morgan fingerprint density at radius 1 is 1.13 bits per heavy atom. The summed E-state index contributed by atoms with van der Waals surface area (Å²) in [5.74, 6) is -0.0175. The monoisotopic (exact) mass is 564 g/mol. The number of fused-ring (bicyclic) bond motifs is 1. The molecule has 1 aliphatic rings. The van der Waals surface area contributed by atoms with Crippen molar-refractivity contribution in [3.05, 3.63) is 6.33 Å². The second-order valence-electron chi connectivity index (χ2n) is 13.8. The van der Waals surface area contributed by atoms with Gasteiger partial charge in [-0.25, -0.2) is 4.98 Å². The highest BCUT2D eigenvalue weighted by molar-refractivity contribution is 6.74. The Bertz CT molecular complexity index is 1150. The quantitative estimate of drug-likeness (QED) is 0.391. The zero-order valence-corrected chi connectivity index (χ0v) is 27.3. The molecule has 2 aromatic rings. The Labute approximate surface area is 229 Å². The Hall–Kier alpha value is -1.87. The van der Waals surface area contributed by atoms with Crippen LogP contribution >= 0.6 is 0 Å². The van der Waals surface area contributed by atoms with Gasteiger partial charge in [-0.15, -0.1) is 0 Å². The van der Waals surface area contributed by atoms with Gasteiger partial charge in [0, 0.05) is 12.3 Å². The molecule has 1 aliphatic heterocycles. The van der Waals surface area contributed by atoms with Gasteiger partial charge in [0.1, 0.15) is 12.3 Å². The van der Waals surface area contributed by atoms with Gasteiger partial charge in [0.2, 0.25) is 11.9 Å². The van der Waals surface area contributed by atoms with Crippen LogP contribution in [0.1, 0.15) is 68.0 Å². The summed E-state index contributed by atoms with van der Waals surface area (Å²) >= 11 is 0. The fourth-order valence-corrected chi connectivity index (χ4v) is 6.07. The van der Waals surface area contributed by atoms with E-state index < -0.39 is 16.6 Å². The molecule has 10 nitrogen and oxygen atoms in total. The highest BCUT2D eigenvalue weighted by atomic mass is 28.4. The largest absolute Gasteiger partial charge is 0.414 e. The molecule has 3 rings (SSSR count). The maximum atomic E-state index is 12.4. The number of nitrogens with one attached hydrogen (secondary N) is 1. The molecule has 3 atom stereocenters. The van der Waals surface area contributed by atoms with Crippen LogP contribution in [0.25, 0.3) is 11.2 Å². The molecule has 0 saturated carbocycles. The molecule has 0 radical (unpaired) electrons. The van der Waals surface area contributed by atoms with E-state index in [1.807, 2.05) is 18.4 Å². The average molecular weight is 565 g/mol. The number of ether oxygens (including phenoxy) is 1. The van der Waals surface area contributed by atoms with Crippen molar-refractivity contribution in [1.29, 1.82) is 0 Å². The number of imidazole rings is 1. The predicted molar refractivity (Wildman–Crippen MR) is 157 cm³/mol. The van der Waals surface area contributed by atoms with Crippen molar-refractivity contribution in [2.75, 3.05) is 17.7 Å². The highest BCUT2D eigenvalue weighted by Crippen LogP contribution is 2.43. The van der Waals surface area contributed by atoms with E-state index >= 15 is 0 Å². The Morgan fingerprint density at radius 3 is 2.29 bits per heavy atom. The van der Waals surface area contributed by atoms with Crippen LogP contribution in [-0.2, 0) is 18.4 Å². The molecule has 214 valence electrons. The number of nitrogens with two attached hydrogens (primary N) is 1. The molecule has 1 fully saturated rings. The van der Waals surface area contributed by atoms with Crippen molar-refractivity contribution in [3.63, 3.8) is 0 Å². The van der Waals surface area contributed by atoms with Gasteiger partial charge in [-0.1, -0.05) is 55.4 Å². The van der Waals surface area contributed by atoms with Crippen molar-refractivity contribution in [2.24, 2.45) is 5.92 Å². The lowest BCUT2D eigenvalue weighted by atomic mass is 10.2. The summed E-state index contributed by atoms with van der Waals surface area (Å²) in [5.41, 5.74) is 7.02. The van der Waals surface area contributed by atoms with E-state index in [-0.39, 0.29) is 46.3 Å². The third kappa shape index (κ3) is 6.47. The molecule has 0 aromatic carbocycles. The molecule has 1 saturated heterocycles. The fourth-order valence-electron chi connectivity index (χ4n) is 3.70. The minimum absolute atomic E-state index is 0.0584. The molecule has 0 spiro atoms. The SMILES string of the molecule is CC(C)C(=O)Nc1nc(N)nc2c1ncn2[C@H]1CC(O[Si](C)(C)C(C)(C)C)[C@@H](CO[Si](C)(C)C(C)(C)C)O1. The van der Waals surface area contributed by atoms with Crippen LogP contribution in [0.4, 0.5) is 11.8 Å². The zero-order chi connectivity index (χ0) is 28.8. The van der Waals surface area contributed by atoms with Crippen LogP contribution in [0.5, 0.6) is 0 Å². The number of carbonyl (C=O) groups is 1. The molecule has 2 aromatic heterocycles. The summed E-state index contributed by atoms with van der Waals surface area (Å²) in [7, 11) is -4.07. The summed E-state index contributed by atoms with van der Waals surface area (Å²) < 4.78 is 22.0. The molecule has 3 heterocycles. The third-order valence-electron chi connectivity index (χ3n) is 8.36. The maximum Gasteiger partial charge on any atom is 0.228 e. The summed E-state index contributed by atoms with van der Waals surface area (Å²) in [4.78, 5) is 25.6. The summed E-state index contributed by atoms with van der Waals surface area (Å²) in [6.07, 6.45) is 1.56. The number of amides is 1. The van der Waals surface area contributed by atoms with E-state index in [1.165, 1.54) is 0 Å². The summed E-state index contributed by atoms with van der Waals surface area (Å²) in [5, 5.41) is 2.97. The predicted octanol–water partition coefficient (Wildman–Crippen LogP) is 5.70. The minimum atomic E-state index is -2.08. The Balaban J connectivity index is 1.94. The zero-order valence-electron chi connectivity index (χ0n) is 25.3. The smallest absolute Gasteiger partial charge is 0.228 e. The molecule has 1 unspecified atom stereocenters. The van der Waals surface area contributed by atoms with E-state index in [0.717, 1.165) is 0 Å². The normalized spacial score (nSPS) is 21.4. The topological polar surface area (TPSA) is 126 Å². The number of aromatic nitrogens is 4. The van der Waals surface area contributed by atoms with Crippen LogP contribution in [-0.4, -0.2) is 60.9 Å². The third-order valence-corrected chi connectivity index (χ3v) is 17.4. The van der Waals surface area contributed by atoms with Gasteiger partial charge in [0.25, 0.3) is 0 Å². The lowest BCUT2D eigenvalue weighted by Gasteiger charge is -2.40. The van der Waals surface area contributed by atoms with Crippen LogP contribution in [0.3, 0.4) is 0 Å². The highest BCUT2D eigenvalue weighted by Gasteiger charge is 2.47. The van der Waals surface area contributed by atoms with Gasteiger partial charge in [-0.3, -0.25) is 9.36 Å². The summed E-state index contributed by atoms with van der Waals surface area (Å²) in [6.45, 7) is 26.5. The molecular formula is C26H48N6O4Si2. The van der Waals surface area contributed by atoms with Crippen LogP contribution in [0.2, 0.25) is 36.3 Å². The standard InChI is InChI=1S/C26H48N6O4Si2/c1-16(2)23(33)29-21-20-22(31-24(27)30-21)32(15-28-20)19-13-17(36-38(11,12)26(6,7)8)18(35-19)14-34-37(9,10)25(3,4)5/h15-19H,13-14H2,1-12H3,(H3,27,29,30,31,33)/t17?,18-,19-/m1/s1. The second kappa shape index (κ2) is 10.6. The van der Waals surface area contributed by atoms with E-state index in [9.17, 15) is 4.79 Å². The van der Waals surface area contributed by atoms with Crippen LogP contribution < -0.4 is 11.1 Å². The second-order valence-corrected chi connectivity index (χ2v) is 23.3. The number of carbonyl (C=O) groups excluding carboxylic acids is 1. The average Bonchev–Trinajstić information content (AvgIpc) is 3.34. The van der Waals surface area contributed by atoms with Gasteiger partial charge in [0.05, 0.1) is 19.0 Å². The van der Waals surface area contributed by atoms with Crippen molar-refractivity contribution >= 4 is 45.5 Å². The minimum Gasteiger partial charge on any atom is -0.414 e. The molecular weight excluding hydrogens is 516 g/mol. The molecule has 1 amide bonds. The number of hydrogen-bond acceptors (Lipinski definition) is 8. The van der Waals surface area contributed by atoms with E-state index in [2.05, 4.69) is 88.0 Å². The maximum absolute atomic E-state index is 12.4. The Kier molecular flexibility index (Phi) is 8.56. The first-order valence-corrected chi connectivity index (χ1v) is 19.3. The van der Waals surface area contributed by atoms with Gasteiger partial charge < -0.3 is 24.6 Å². The molecule has 0 bridgehead atoms. The number of hydrogen-bond donors (Lipinski definition) is 2. The lowest BCUT2D eigenvalue weighted by molar-refractivity contribution is -0.118. The first-order chi connectivity index (χ1) is 17.2. The van der Waals surface area contributed by atoms with Crippen molar-refractivity contribution in [2.45, 2.75) is 117 Å². The van der Waals surface area contributed by atoms with Crippen molar-refractivity contribution < 1.29 is 18.4 Å². The van der Waals surface area contributed by atoms with E-state index in [1.54, 1.807) is 6.33 Å². The van der Waals surface area contributed by atoms with Crippen molar-refractivity contribution in [1.82, 2.24) is 19.5 Å². The number of rotatable bonds is 8. The fraction of sp³-hybridized carbons (Fsp3) is 0.769. The number of nitrogen functional groups attached to an aromatic ring is 1. The molecule has 0 aliphatic carbocycles. The number of nitrogens with zero attached hydrogens (tertiary/aromatic N) is 4. The van der Waals surface area contributed by atoms with Crippen LogP contribution in [0.15, 0.2) is 6.33 Å². The molecule has 12 heteroatoms. The lowest BCUT2D eigenvalue weighted by Crippen LogP contribution is -2.48. The van der Waals surface area contributed by atoms with Crippen LogP contribution in [0, 0.1) is 5.92 Å². The molecule has 3 N–H and O–H groups in total. The number of anilines is 2. The van der Waals surface area contributed by atoms with Gasteiger partial charge in [0.15, 0.2) is 33.6 Å². The van der Waals surface area contributed by atoms with Crippen molar-refractivity contribution in [3.8, 4) is 0 Å². The molecule has 38 heavy (non-hydrogen) atoms. The first-order valence-electron chi connectivity index (χ1n) is 13.5. The first kappa shape index (κ1) is 30.7. The summed E-state index contributed by atoms with van der Waals surface area (Å²) in [6, 6.07) is 0. The van der Waals surface area contributed by atoms with Gasteiger partial charge in [-0.05, 0) is 36.3 Å². The van der Waals surface area contributed by atoms with Gasteiger partial charge in [-0.2, -0.15) is 9.97 Å². The van der Waals surface area contributed by atoms with E-state index in [4.69, 9.17) is 19.3 Å².